The molecule has 1 unspecified atom stereocenters. The third-order valence-corrected chi connectivity index (χ3v) is 5.04. The number of nitrogens with one attached hydrogen (secondary N) is 1. The standard InChI is InChI=1S/C17H24BrN3/c1-11(2)13-6-8-14(9-7-13)15(19-4)10-16-17(18)12(3)20-21(16)5/h6-9,11,15,19H,10H2,1-5H3. The monoisotopic (exact) mass is 349 g/mol. The first kappa shape index (κ1) is 16.2. The van der Waals surface area contributed by atoms with Crippen LogP contribution in [0.3, 0.4) is 0 Å². The van der Waals surface area contributed by atoms with Gasteiger partial charge in [-0.05, 0) is 46.9 Å². The van der Waals surface area contributed by atoms with Crippen LogP contribution in [0, 0.1) is 6.92 Å². The molecule has 2 rings (SSSR count). The van der Waals surface area contributed by atoms with Gasteiger partial charge >= 0.3 is 0 Å². The second-order valence-corrected chi connectivity index (χ2v) is 6.63. The normalized spacial score (nSPS) is 12.9. The molecule has 1 aromatic carbocycles. The first-order chi connectivity index (χ1) is 9.93. The SMILES string of the molecule is CNC(Cc1c(Br)c(C)nn1C)c1ccc(C(C)C)cc1. The molecule has 1 aromatic heterocycles. The summed E-state index contributed by atoms with van der Waals surface area (Å²) in [6.45, 7) is 6.47. The molecule has 0 bridgehead atoms. The Balaban J connectivity index is 2.23. The van der Waals surface area contributed by atoms with Gasteiger partial charge in [0.05, 0.1) is 15.9 Å². The highest BCUT2D eigenvalue weighted by molar-refractivity contribution is 9.10. The van der Waals surface area contributed by atoms with Crippen LogP contribution in [-0.2, 0) is 13.5 Å². The van der Waals surface area contributed by atoms with Crippen LogP contribution < -0.4 is 5.32 Å². The van der Waals surface area contributed by atoms with Gasteiger partial charge in [-0.15, -0.1) is 0 Å². The summed E-state index contributed by atoms with van der Waals surface area (Å²) in [4.78, 5) is 0. The second-order valence-electron chi connectivity index (χ2n) is 5.84. The summed E-state index contributed by atoms with van der Waals surface area (Å²) in [6, 6.07) is 9.21. The maximum atomic E-state index is 4.47. The van der Waals surface area contributed by atoms with E-state index in [-0.39, 0.29) is 6.04 Å². The fourth-order valence-electron chi connectivity index (χ4n) is 2.59. The van der Waals surface area contributed by atoms with Crippen molar-refractivity contribution < 1.29 is 0 Å². The van der Waals surface area contributed by atoms with Crippen LogP contribution in [0.25, 0.3) is 0 Å². The molecule has 0 saturated heterocycles. The molecule has 3 nitrogen and oxygen atoms in total. The number of hydrogen-bond acceptors (Lipinski definition) is 2. The van der Waals surface area contributed by atoms with E-state index in [1.54, 1.807) is 0 Å². The quantitative estimate of drug-likeness (QED) is 0.879. The highest BCUT2D eigenvalue weighted by Gasteiger charge is 2.17. The van der Waals surface area contributed by atoms with Gasteiger partial charge in [-0.25, -0.2) is 0 Å². The van der Waals surface area contributed by atoms with Crippen molar-refractivity contribution in [2.45, 2.75) is 39.2 Å². The number of benzene rings is 1. The predicted molar refractivity (Wildman–Crippen MR) is 91.7 cm³/mol. The Bertz CT molecular complexity index is 599. The maximum absolute atomic E-state index is 4.47. The summed E-state index contributed by atoms with van der Waals surface area (Å²) in [5, 5.41) is 7.89. The average Bonchev–Trinajstić information content (AvgIpc) is 2.70. The minimum atomic E-state index is 0.289. The molecule has 0 aliphatic rings. The van der Waals surface area contributed by atoms with E-state index in [0.717, 1.165) is 16.6 Å². The number of aryl methyl sites for hydroxylation is 2. The number of rotatable bonds is 5. The molecular formula is C17H24BrN3. The Morgan fingerprint density at radius 2 is 1.76 bits per heavy atom. The highest BCUT2D eigenvalue weighted by atomic mass is 79.9. The number of halogens is 1. The van der Waals surface area contributed by atoms with E-state index in [4.69, 9.17) is 0 Å². The zero-order valence-electron chi connectivity index (χ0n) is 13.4. The Morgan fingerprint density at radius 1 is 1.19 bits per heavy atom. The summed E-state index contributed by atoms with van der Waals surface area (Å²) in [7, 11) is 4.01. The van der Waals surface area contributed by atoms with E-state index < -0.39 is 0 Å². The van der Waals surface area contributed by atoms with E-state index >= 15 is 0 Å². The Labute approximate surface area is 135 Å². The van der Waals surface area contributed by atoms with Gasteiger partial charge in [0.2, 0.25) is 0 Å². The lowest BCUT2D eigenvalue weighted by atomic mass is 9.97. The minimum absolute atomic E-state index is 0.289. The van der Waals surface area contributed by atoms with Crippen LogP contribution in [0.5, 0.6) is 0 Å². The molecule has 0 spiro atoms. The number of likely N-dealkylation sites (N-methyl/N-ethyl adjacent to an activating group) is 1. The minimum Gasteiger partial charge on any atom is -0.313 e. The highest BCUT2D eigenvalue weighted by Crippen LogP contribution is 2.26. The number of hydrogen-bond donors (Lipinski definition) is 1. The molecule has 1 atom stereocenters. The van der Waals surface area contributed by atoms with Crippen molar-refractivity contribution in [1.29, 1.82) is 0 Å². The van der Waals surface area contributed by atoms with Crippen molar-refractivity contribution in [1.82, 2.24) is 15.1 Å². The molecule has 0 amide bonds. The Morgan fingerprint density at radius 3 is 2.19 bits per heavy atom. The van der Waals surface area contributed by atoms with Gasteiger partial charge in [0, 0.05) is 19.5 Å². The van der Waals surface area contributed by atoms with Crippen LogP contribution in [0.4, 0.5) is 0 Å². The lowest BCUT2D eigenvalue weighted by Crippen LogP contribution is -2.20. The molecule has 21 heavy (non-hydrogen) atoms. The van der Waals surface area contributed by atoms with Gasteiger partial charge in [-0.2, -0.15) is 5.10 Å². The molecule has 0 aliphatic carbocycles. The molecule has 0 fully saturated rings. The van der Waals surface area contributed by atoms with Gasteiger partial charge in [0.1, 0.15) is 0 Å². The van der Waals surface area contributed by atoms with Crippen LogP contribution >= 0.6 is 15.9 Å². The van der Waals surface area contributed by atoms with Gasteiger partial charge in [-0.1, -0.05) is 38.1 Å². The van der Waals surface area contributed by atoms with Gasteiger partial charge in [0.15, 0.2) is 0 Å². The summed E-state index contributed by atoms with van der Waals surface area (Å²) in [6.07, 6.45) is 0.912. The Hall–Kier alpha value is -1.13. The molecule has 0 saturated carbocycles. The zero-order valence-corrected chi connectivity index (χ0v) is 15.0. The average molecular weight is 350 g/mol. The number of aromatic nitrogens is 2. The van der Waals surface area contributed by atoms with Gasteiger partial charge in [0.25, 0.3) is 0 Å². The molecule has 0 aliphatic heterocycles. The summed E-state index contributed by atoms with van der Waals surface area (Å²) >= 11 is 3.65. The summed E-state index contributed by atoms with van der Waals surface area (Å²) < 4.78 is 3.08. The first-order valence-electron chi connectivity index (χ1n) is 7.39. The van der Waals surface area contributed by atoms with Crippen molar-refractivity contribution in [2.75, 3.05) is 7.05 Å². The van der Waals surface area contributed by atoms with Crippen LogP contribution in [0.15, 0.2) is 28.7 Å². The second kappa shape index (κ2) is 6.75. The fourth-order valence-corrected chi connectivity index (χ4v) is 3.09. The maximum Gasteiger partial charge on any atom is 0.0738 e. The lowest BCUT2D eigenvalue weighted by molar-refractivity contribution is 0.560. The van der Waals surface area contributed by atoms with Crippen molar-refractivity contribution in [3.63, 3.8) is 0 Å². The third kappa shape index (κ3) is 3.55. The van der Waals surface area contributed by atoms with Crippen molar-refractivity contribution in [2.24, 2.45) is 7.05 Å². The van der Waals surface area contributed by atoms with Crippen LogP contribution in [-0.4, -0.2) is 16.8 Å². The van der Waals surface area contributed by atoms with E-state index in [0.29, 0.717) is 5.92 Å². The molecule has 0 radical (unpaired) electrons. The van der Waals surface area contributed by atoms with Crippen molar-refractivity contribution in [3.05, 3.63) is 51.3 Å². The summed E-state index contributed by atoms with van der Waals surface area (Å²) in [5.41, 5.74) is 4.95. The summed E-state index contributed by atoms with van der Waals surface area (Å²) in [5.74, 6) is 0.570. The third-order valence-electron chi connectivity index (χ3n) is 4.01. The zero-order chi connectivity index (χ0) is 15.6. The fraction of sp³-hybridized carbons (Fsp3) is 0.471. The van der Waals surface area contributed by atoms with E-state index in [1.807, 2.05) is 25.7 Å². The predicted octanol–water partition coefficient (Wildman–Crippen LogP) is 4.12. The van der Waals surface area contributed by atoms with E-state index in [9.17, 15) is 0 Å². The van der Waals surface area contributed by atoms with Crippen LogP contribution in [0.1, 0.15) is 48.3 Å². The lowest BCUT2D eigenvalue weighted by Gasteiger charge is -2.18. The smallest absolute Gasteiger partial charge is 0.0738 e. The van der Waals surface area contributed by atoms with Crippen molar-refractivity contribution in [3.8, 4) is 0 Å². The largest absolute Gasteiger partial charge is 0.313 e. The number of nitrogens with zero attached hydrogens (tertiary/aromatic N) is 2. The Kier molecular flexibility index (Phi) is 5.22. The molecule has 2 aromatic rings. The van der Waals surface area contributed by atoms with Gasteiger partial charge in [-0.3, -0.25) is 4.68 Å². The topological polar surface area (TPSA) is 29.9 Å². The molecule has 4 heteroatoms. The molecule has 1 N–H and O–H groups in total. The first-order valence-corrected chi connectivity index (χ1v) is 8.18. The van der Waals surface area contributed by atoms with Crippen LogP contribution in [0.2, 0.25) is 0 Å². The van der Waals surface area contributed by atoms with E-state index in [1.165, 1.54) is 16.8 Å². The molecular weight excluding hydrogens is 326 g/mol. The van der Waals surface area contributed by atoms with E-state index in [2.05, 4.69) is 64.5 Å². The molecule has 114 valence electrons. The van der Waals surface area contributed by atoms with Gasteiger partial charge < -0.3 is 5.32 Å². The van der Waals surface area contributed by atoms with Crippen molar-refractivity contribution >= 4 is 15.9 Å². The molecule has 1 heterocycles.